The number of ether oxygens (including phenoxy) is 2. The number of benzene rings is 2. The highest BCUT2D eigenvalue weighted by Crippen LogP contribution is 2.12. The molecule has 0 aliphatic carbocycles. The average molecular weight is 284 g/mol. The highest BCUT2D eigenvalue weighted by Gasteiger charge is 2.21. The molecule has 0 N–H and O–H groups in total. The maximum absolute atomic E-state index is 11.8. The minimum absolute atomic E-state index is 0.157. The molecule has 0 saturated heterocycles. The molecule has 5 nitrogen and oxygen atoms in total. The molecule has 0 heterocycles. The molecule has 106 valence electrons. The van der Waals surface area contributed by atoms with E-state index in [2.05, 4.69) is 4.74 Å². The first kappa shape index (κ1) is 14.5. The largest absolute Gasteiger partial charge is 0.497 e. The number of carbonyl (C=O) groups excluding carboxylic acids is 3. The van der Waals surface area contributed by atoms with E-state index in [4.69, 9.17) is 4.74 Å². The van der Waals surface area contributed by atoms with E-state index in [1.165, 1.54) is 31.4 Å². The lowest BCUT2D eigenvalue weighted by molar-refractivity contribution is -0.132. The van der Waals surface area contributed by atoms with Crippen molar-refractivity contribution in [2.24, 2.45) is 0 Å². The first-order valence-electron chi connectivity index (χ1n) is 6.12. The van der Waals surface area contributed by atoms with Crippen molar-refractivity contribution < 1.29 is 23.9 Å². The molecule has 0 fully saturated rings. The quantitative estimate of drug-likeness (QED) is 0.373. The third kappa shape index (κ3) is 3.54. The molecule has 2 rings (SSSR count). The first-order valence-corrected chi connectivity index (χ1v) is 6.12. The third-order valence-corrected chi connectivity index (χ3v) is 2.73. The normalized spacial score (nSPS) is 9.76. The lowest BCUT2D eigenvalue weighted by atomic mass is 10.1. The molecule has 5 heteroatoms. The zero-order chi connectivity index (χ0) is 15.2. The summed E-state index contributed by atoms with van der Waals surface area (Å²) in [6.07, 6.45) is 0. The van der Waals surface area contributed by atoms with Gasteiger partial charge in [0.1, 0.15) is 5.75 Å². The topological polar surface area (TPSA) is 69.7 Å². The lowest BCUT2D eigenvalue weighted by Gasteiger charge is -2.03. The maximum atomic E-state index is 11.8. The molecule has 0 amide bonds. The Morgan fingerprint density at radius 3 is 2.00 bits per heavy atom. The van der Waals surface area contributed by atoms with Crippen LogP contribution < -0.4 is 4.74 Å². The number of carbonyl (C=O) groups is 3. The molecule has 0 aromatic heterocycles. The molecule has 0 bridgehead atoms. The van der Waals surface area contributed by atoms with Crippen LogP contribution in [-0.4, -0.2) is 24.8 Å². The molecular weight excluding hydrogens is 272 g/mol. The molecule has 2 aromatic carbocycles. The van der Waals surface area contributed by atoms with E-state index >= 15 is 0 Å². The summed E-state index contributed by atoms with van der Waals surface area (Å²) in [5, 5.41) is 0. The molecular formula is C16H12O5. The van der Waals surface area contributed by atoms with Crippen molar-refractivity contribution in [1.82, 2.24) is 0 Å². The van der Waals surface area contributed by atoms with Gasteiger partial charge in [-0.05, 0) is 24.3 Å². The fraction of sp³-hybridized carbons (Fsp3) is 0.0625. The van der Waals surface area contributed by atoms with E-state index in [0.29, 0.717) is 5.75 Å². The van der Waals surface area contributed by atoms with Gasteiger partial charge in [-0.2, -0.15) is 0 Å². The van der Waals surface area contributed by atoms with Crippen LogP contribution in [0.5, 0.6) is 5.75 Å². The monoisotopic (exact) mass is 284 g/mol. The van der Waals surface area contributed by atoms with Gasteiger partial charge in [0.25, 0.3) is 5.78 Å². The van der Waals surface area contributed by atoms with E-state index in [0.717, 1.165) is 0 Å². The number of Topliss-reactive ketones (excluding diaryl/α,β-unsaturated/α-hetero) is 1. The molecule has 0 atom stereocenters. The van der Waals surface area contributed by atoms with Crippen LogP contribution in [0.4, 0.5) is 0 Å². The van der Waals surface area contributed by atoms with Gasteiger partial charge in [-0.15, -0.1) is 0 Å². The predicted molar refractivity (Wildman–Crippen MR) is 74.2 cm³/mol. The number of ketones is 1. The van der Waals surface area contributed by atoms with Crippen molar-refractivity contribution in [1.29, 1.82) is 0 Å². The van der Waals surface area contributed by atoms with Crippen molar-refractivity contribution >= 4 is 17.7 Å². The Hall–Kier alpha value is -2.95. The zero-order valence-electron chi connectivity index (χ0n) is 11.2. The Bertz CT molecular complexity index is 659. The summed E-state index contributed by atoms with van der Waals surface area (Å²) in [5.41, 5.74) is 0.329. The summed E-state index contributed by atoms with van der Waals surface area (Å²) in [5.74, 6) is -2.38. The molecule has 0 radical (unpaired) electrons. The number of esters is 2. The smallest absolute Gasteiger partial charge is 0.387 e. The minimum Gasteiger partial charge on any atom is -0.497 e. The van der Waals surface area contributed by atoms with Gasteiger partial charge in [-0.3, -0.25) is 4.79 Å². The number of hydrogen-bond acceptors (Lipinski definition) is 5. The average Bonchev–Trinajstić information content (AvgIpc) is 2.55. The van der Waals surface area contributed by atoms with Crippen LogP contribution in [0.1, 0.15) is 20.7 Å². The Balaban J connectivity index is 2.05. The Kier molecular flexibility index (Phi) is 4.46. The second-order valence-electron chi connectivity index (χ2n) is 4.10. The SMILES string of the molecule is COc1ccc(C(=O)OC(=O)C(=O)c2ccccc2)cc1. The summed E-state index contributed by atoms with van der Waals surface area (Å²) in [7, 11) is 1.50. The van der Waals surface area contributed by atoms with Crippen LogP contribution in [0.3, 0.4) is 0 Å². The molecule has 2 aromatic rings. The van der Waals surface area contributed by atoms with Crippen LogP contribution in [0, 0.1) is 0 Å². The fourth-order valence-electron chi connectivity index (χ4n) is 1.62. The van der Waals surface area contributed by atoms with Gasteiger partial charge in [0.15, 0.2) is 0 Å². The zero-order valence-corrected chi connectivity index (χ0v) is 11.2. The van der Waals surface area contributed by atoms with Gasteiger partial charge in [0.05, 0.1) is 12.7 Å². The number of rotatable bonds is 4. The first-order chi connectivity index (χ1) is 10.1. The second-order valence-corrected chi connectivity index (χ2v) is 4.10. The molecule has 0 spiro atoms. The van der Waals surface area contributed by atoms with Gasteiger partial charge in [0.2, 0.25) is 0 Å². The second kappa shape index (κ2) is 6.47. The van der Waals surface area contributed by atoms with E-state index in [1.54, 1.807) is 30.3 Å². The van der Waals surface area contributed by atoms with E-state index in [-0.39, 0.29) is 11.1 Å². The van der Waals surface area contributed by atoms with Crippen LogP contribution in [0.2, 0.25) is 0 Å². The summed E-state index contributed by atoms with van der Waals surface area (Å²) in [6.45, 7) is 0. The van der Waals surface area contributed by atoms with Crippen LogP contribution in [0.15, 0.2) is 54.6 Å². The highest BCUT2D eigenvalue weighted by molar-refractivity contribution is 6.42. The Labute approximate surface area is 121 Å². The van der Waals surface area contributed by atoms with E-state index in [1.807, 2.05) is 0 Å². The van der Waals surface area contributed by atoms with Crippen LogP contribution in [-0.2, 0) is 9.53 Å². The van der Waals surface area contributed by atoms with Gasteiger partial charge in [-0.1, -0.05) is 30.3 Å². The van der Waals surface area contributed by atoms with Gasteiger partial charge < -0.3 is 9.47 Å². The molecule has 0 unspecified atom stereocenters. The Morgan fingerprint density at radius 1 is 0.810 bits per heavy atom. The number of methoxy groups -OCH3 is 1. The van der Waals surface area contributed by atoms with Gasteiger partial charge in [-0.25, -0.2) is 9.59 Å². The fourth-order valence-corrected chi connectivity index (χ4v) is 1.62. The summed E-state index contributed by atoms with van der Waals surface area (Å²) < 4.78 is 9.51. The van der Waals surface area contributed by atoms with Gasteiger partial charge >= 0.3 is 11.9 Å². The van der Waals surface area contributed by atoms with E-state index in [9.17, 15) is 14.4 Å². The van der Waals surface area contributed by atoms with Crippen LogP contribution >= 0.6 is 0 Å². The minimum atomic E-state index is -1.21. The molecule has 0 aliphatic rings. The standard InChI is InChI=1S/C16H12O5/c1-20-13-9-7-12(8-10-13)15(18)21-16(19)14(17)11-5-3-2-4-6-11/h2-10H,1H3. The van der Waals surface area contributed by atoms with Crippen molar-refractivity contribution in [2.45, 2.75) is 0 Å². The molecule has 0 aliphatic heterocycles. The summed E-state index contributed by atoms with van der Waals surface area (Å²) in [4.78, 5) is 35.2. The third-order valence-electron chi connectivity index (χ3n) is 2.73. The van der Waals surface area contributed by atoms with E-state index < -0.39 is 17.7 Å². The molecule has 0 saturated carbocycles. The lowest BCUT2D eigenvalue weighted by Crippen LogP contribution is -2.21. The van der Waals surface area contributed by atoms with Crippen molar-refractivity contribution in [3.05, 3.63) is 65.7 Å². The van der Waals surface area contributed by atoms with Crippen molar-refractivity contribution in [3.8, 4) is 5.75 Å². The summed E-state index contributed by atoms with van der Waals surface area (Å²) >= 11 is 0. The maximum Gasteiger partial charge on any atom is 0.387 e. The van der Waals surface area contributed by atoms with Crippen molar-refractivity contribution in [2.75, 3.05) is 7.11 Å². The van der Waals surface area contributed by atoms with Gasteiger partial charge in [0, 0.05) is 5.56 Å². The van der Waals surface area contributed by atoms with Crippen LogP contribution in [0.25, 0.3) is 0 Å². The molecule has 21 heavy (non-hydrogen) atoms. The number of hydrogen-bond donors (Lipinski definition) is 0. The Morgan fingerprint density at radius 2 is 1.43 bits per heavy atom. The van der Waals surface area contributed by atoms with Crippen molar-refractivity contribution in [3.63, 3.8) is 0 Å². The highest BCUT2D eigenvalue weighted by atomic mass is 16.6. The summed E-state index contributed by atoms with van der Waals surface area (Å²) in [6, 6.07) is 13.9. The predicted octanol–water partition coefficient (Wildman–Crippen LogP) is 2.26.